The van der Waals surface area contributed by atoms with Gasteiger partial charge >= 0.3 is 0 Å². The summed E-state index contributed by atoms with van der Waals surface area (Å²) >= 11 is 7.11. The first-order valence-corrected chi connectivity index (χ1v) is 12.2. The first-order chi connectivity index (χ1) is 14.2. The van der Waals surface area contributed by atoms with Gasteiger partial charge in [0, 0.05) is 10.6 Å². The Bertz CT molecular complexity index is 1150. The predicted molar refractivity (Wildman–Crippen MR) is 122 cm³/mol. The van der Waals surface area contributed by atoms with Gasteiger partial charge in [-0.1, -0.05) is 54.1 Å². The van der Waals surface area contributed by atoms with Crippen LogP contribution in [-0.2, 0) is 14.8 Å². The highest BCUT2D eigenvalue weighted by Crippen LogP contribution is 2.28. The molecule has 0 aliphatic rings. The molecular formula is C20H21ClN4O3S2. The average Bonchev–Trinajstić information content (AvgIpc) is 3.13. The molecule has 1 heterocycles. The van der Waals surface area contributed by atoms with Crippen LogP contribution in [0, 0.1) is 6.92 Å². The van der Waals surface area contributed by atoms with Crippen molar-refractivity contribution in [1.82, 2.24) is 10.2 Å². The molecular weight excluding hydrogens is 444 g/mol. The molecule has 2 aromatic carbocycles. The summed E-state index contributed by atoms with van der Waals surface area (Å²) in [5.74, 6) is -0.469. The van der Waals surface area contributed by atoms with Crippen molar-refractivity contribution in [3.8, 4) is 10.6 Å². The average molecular weight is 465 g/mol. The van der Waals surface area contributed by atoms with Crippen molar-refractivity contribution in [1.29, 1.82) is 0 Å². The number of hydrogen-bond donors (Lipinski definition) is 1. The molecule has 0 bridgehead atoms. The zero-order valence-corrected chi connectivity index (χ0v) is 19.1. The fourth-order valence-electron chi connectivity index (χ4n) is 3.00. The molecule has 7 nitrogen and oxygen atoms in total. The lowest BCUT2D eigenvalue weighted by molar-refractivity contribution is -0.117. The Balaban J connectivity index is 1.85. The van der Waals surface area contributed by atoms with E-state index in [1.54, 1.807) is 37.3 Å². The van der Waals surface area contributed by atoms with E-state index in [4.69, 9.17) is 11.6 Å². The van der Waals surface area contributed by atoms with Gasteiger partial charge in [0.05, 0.1) is 11.9 Å². The molecule has 1 N–H and O–H groups in total. The molecule has 0 saturated carbocycles. The van der Waals surface area contributed by atoms with Gasteiger partial charge in [0.25, 0.3) is 0 Å². The molecule has 0 aliphatic heterocycles. The first kappa shape index (κ1) is 22.2. The Kier molecular flexibility index (Phi) is 6.74. The second kappa shape index (κ2) is 9.11. The highest BCUT2D eigenvalue weighted by atomic mass is 35.5. The standard InChI is InChI=1S/C20H21ClN4O3S2/c1-4-17(25(30(3,27)28)16-7-5-6-13(2)12-16)18(26)22-20-24-23-19(29-20)14-8-10-15(21)11-9-14/h5-12,17H,4H2,1-3H3,(H,22,24,26)/t17-/m0/s1. The number of anilines is 2. The van der Waals surface area contributed by atoms with Gasteiger partial charge in [-0.15, -0.1) is 10.2 Å². The van der Waals surface area contributed by atoms with Gasteiger partial charge < -0.3 is 0 Å². The third kappa shape index (κ3) is 5.16. The molecule has 0 aliphatic carbocycles. The second-order valence-corrected chi connectivity index (χ2v) is 10.0. The Labute approximate surface area is 184 Å². The number of aryl methyl sites for hydroxylation is 1. The third-order valence-corrected chi connectivity index (χ3v) is 6.65. The Morgan fingerprint density at radius 1 is 1.20 bits per heavy atom. The summed E-state index contributed by atoms with van der Waals surface area (Å²) in [7, 11) is -3.70. The molecule has 3 rings (SSSR count). The summed E-state index contributed by atoms with van der Waals surface area (Å²) in [4.78, 5) is 13.0. The summed E-state index contributed by atoms with van der Waals surface area (Å²) < 4.78 is 26.2. The summed E-state index contributed by atoms with van der Waals surface area (Å²) in [6, 6.07) is 13.2. The van der Waals surface area contributed by atoms with E-state index in [1.807, 2.05) is 25.1 Å². The van der Waals surface area contributed by atoms with E-state index in [0.29, 0.717) is 20.8 Å². The van der Waals surface area contributed by atoms with Gasteiger partial charge in [-0.05, 0) is 43.2 Å². The molecule has 0 unspecified atom stereocenters. The van der Waals surface area contributed by atoms with Crippen molar-refractivity contribution in [2.45, 2.75) is 26.3 Å². The highest BCUT2D eigenvalue weighted by Gasteiger charge is 2.32. The molecule has 1 aromatic heterocycles. The monoisotopic (exact) mass is 464 g/mol. The van der Waals surface area contributed by atoms with Crippen molar-refractivity contribution in [2.24, 2.45) is 0 Å². The van der Waals surface area contributed by atoms with Crippen LogP contribution < -0.4 is 9.62 Å². The highest BCUT2D eigenvalue weighted by molar-refractivity contribution is 7.92. The molecule has 0 fully saturated rings. The summed E-state index contributed by atoms with van der Waals surface area (Å²) in [6.07, 6.45) is 1.38. The zero-order chi connectivity index (χ0) is 21.9. The van der Waals surface area contributed by atoms with Crippen LogP contribution in [-0.4, -0.2) is 36.8 Å². The number of carbonyl (C=O) groups excluding carboxylic acids is 1. The van der Waals surface area contributed by atoms with E-state index in [1.165, 1.54) is 11.3 Å². The number of amides is 1. The summed E-state index contributed by atoms with van der Waals surface area (Å²) in [5, 5.41) is 12.3. The van der Waals surface area contributed by atoms with Crippen molar-refractivity contribution in [2.75, 3.05) is 15.9 Å². The number of benzene rings is 2. The number of sulfonamides is 1. The van der Waals surface area contributed by atoms with E-state index in [9.17, 15) is 13.2 Å². The number of aromatic nitrogens is 2. The molecule has 10 heteroatoms. The van der Waals surface area contributed by atoms with Crippen molar-refractivity contribution < 1.29 is 13.2 Å². The van der Waals surface area contributed by atoms with Gasteiger partial charge in [0.1, 0.15) is 11.0 Å². The van der Waals surface area contributed by atoms with Crippen molar-refractivity contribution >= 4 is 49.7 Å². The fraction of sp³-hybridized carbons (Fsp3) is 0.250. The lowest BCUT2D eigenvalue weighted by atomic mass is 10.1. The van der Waals surface area contributed by atoms with Crippen LogP contribution >= 0.6 is 22.9 Å². The maximum Gasteiger partial charge on any atom is 0.250 e. The predicted octanol–water partition coefficient (Wildman–Crippen LogP) is 4.35. The molecule has 0 spiro atoms. The number of hydrogen-bond acceptors (Lipinski definition) is 6. The maximum absolute atomic E-state index is 13.0. The largest absolute Gasteiger partial charge is 0.299 e. The van der Waals surface area contributed by atoms with E-state index < -0.39 is 22.0 Å². The van der Waals surface area contributed by atoms with Crippen LogP contribution in [0.2, 0.25) is 5.02 Å². The van der Waals surface area contributed by atoms with E-state index >= 15 is 0 Å². The minimum Gasteiger partial charge on any atom is -0.299 e. The minimum absolute atomic E-state index is 0.287. The van der Waals surface area contributed by atoms with Crippen LogP contribution in [0.5, 0.6) is 0 Å². The zero-order valence-electron chi connectivity index (χ0n) is 16.7. The normalized spacial score (nSPS) is 12.4. The molecule has 3 aromatic rings. The molecule has 30 heavy (non-hydrogen) atoms. The van der Waals surface area contributed by atoms with E-state index in [2.05, 4.69) is 15.5 Å². The van der Waals surface area contributed by atoms with Crippen LogP contribution in [0.25, 0.3) is 10.6 Å². The molecule has 158 valence electrons. The van der Waals surface area contributed by atoms with Crippen LogP contribution in [0.4, 0.5) is 10.8 Å². The Morgan fingerprint density at radius 2 is 1.90 bits per heavy atom. The quantitative estimate of drug-likeness (QED) is 0.561. The maximum atomic E-state index is 13.0. The van der Waals surface area contributed by atoms with Crippen molar-refractivity contribution in [3.05, 3.63) is 59.1 Å². The molecule has 1 amide bonds. The molecule has 0 radical (unpaired) electrons. The second-order valence-electron chi connectivity index (χ2n) is 6.73. The Hall–Kier alpha value is -2.49. The molecule has 1 atom stereocenters. The van der Waals surface area contributed by atoms with Gasteiger partial charge in [-0.3, -0.25) is 14.4 Å². The fourth-order valence-corrected chi connectivity index (χ4v) is 5.08. The minimum atomic E-state index is -3.70. The number of nitrogens with zero attached hydrogens (tertiary/aromatic N) is 3. The number of carbonyl (C=O) groups is 1. The van der Waals surface area contributed by atoms with Gasteiger partial charge in [0.2, 0.25) is 21.1 Å². The van der Waals surface area contributed by atoms with Crippen LogP contribution in [0.15, 0.2) is 48.5 Å². The van der Waals surface area contributed by atoms with Gasteiger partial charge in [-0.2, -0.15) is 0 Å². The molecule has 0 saturated heterocycles. The lowest BCUT2D eigenvalue weighted by Crippen LogP contribution is -2.47. The lowest BCUT2D eigenvalue weighted by Gasteiger charge is -2.30. The Morgan fingerprint density at radius 3 is 2.50 bits per heavy atom. The number of halogens is 1. The first-order valence-electron chi connectivity index (χ1n) is 9.15. The smallest absolute Gasteiger partial charge is 0.250 e. The van der Waals surface area contributed by atoms with E-state index in [0.717, 1.165) is 21.7 Å². The SMILES string of the molecule is CC[C@@H](C(=O)Nc1nnc(-c2ccc(Cl)cc2)s1)N(c1cccc(C)c1)S(C)(=O)=O. The van der Waals surface area contributed by atoms with Gasteiger partial charge in [0.15, 0.2) is 0 Å². The topological polar surface area (TPSA) is 92.3 Å². The van der Waals surface area contributed by atoms with Crippen molar-refractivity contribution in [3.63, 3.8) is 0 Å². The number of rotatable bonds is 7. The van der Waals surface area contributed by atoms with E-state index in [-0.39, 0.29) is 6.42 Å². The summed E-state index contributed by atoms with van der Waals surface area (Å²) in [6.45, 7) is 3.63. The third-order valence-electron chi connectivity index (χ3n) is 4.33. The summed E-state index contributed by atoms with van der Waals surface area (Å²) in [5.41, 5.74) is 2.16. The van der Waals surface area contributed by atoms with Gasteiger partial charge in [-0.25, -0.2) is 8.42 Å². The van der Waals surface area contributed by atoms with Crippen LogP contribution in [0.1, 0.15) is 18.9 Å². The van der Waals surface area contributed by atoms with Crippen LogP contribution in [0.3, 0.4) is 0 Å². The number of nitrogens with one attached hydrogen (secondary N) is 1.